The predicted octanol–water partition coefficient (Wildman–Crippen LogP) is 1.53. The molecule has 1 heterocycles. The molecule has 5 N–H and O–H groups in total. The minimum Gasteiger partial charge on any atom is -0.496 e. The van der Waals surface area contributed by atoms with E-state index in [9.17, 15) is 14.7 Å². The molecule has 2 atom stereocenters. The van der Waals surface area contributed by atoms with Crippen molar-refractivity contribution in [3.8, 4) is 5.75 Å². The van der Waals surface area contributed by atoms with Gasteiger partial charge in [-0.05, 0) is 37.7 Å². The van der Waals surface area contributed by atoms with Crippen molar-refractivity contribution in [2.45, 2.75) is 63.6 Å². The van der Waals surface area contributed by atoms with E-state index in [0.29, 0.717) is 24.3 Å². The van der Waals surface area contributed by atoms with Crippen molar-refractivity contribution in [2.24, 2.45) is 11.7 Å². The normalized spacial score (nSPS) is 20.6. The van der Waals surface area contributed by atoms with Crippen LogP contribution in [0.1, 0.15) is 56.1 Å². The quantitative estimate of drug-likeness (QED) is 0.396. The first kappa shape index (κ1) is 22.1. The number of nitrogens with two attached hydrogens (primary N) is 1. The van der Waals surface area contributed by atoms with Gasteiger partial charge in [0.05, 0.1) is 7.11 Å². The number of hydrogen-bond acceptors (Lipinski definition) is 5. The van der Waals surface area contributed by atoms with Crippen molar-refractivity contribution in [2.75, 3.05) is 13.7 Å². The number of ether oxygens (including phenoxy) is 1. The van der Waals surface area contributed by atoms with Crippen LogP contribution < -0.4 is 15.8 Å². The molecular formula is C22H32N4O4. The molecular weight excluding hydrogens is 384 g/mol. The van der Waals surface area contributed by atoms with Gasteiger partial charge >= 0.3 is 0 Å². The minimum absolute atomic E-state index is 0.000358. The van der Waals surface area contributed by atoms with E-state index in [1.54, 1.807) is 23.1 Å². The lowest BCUT2D eigenvalue weighted by Crippen LogP contribution is -2.50. The number of benzene rings is 1. The Morgan fingerprint density at radius 3 is 2.67 bits per heavy atom. The van der Waals surface area contributed by atoms with Crippen LogP contribution in [0, 0.1) is 11.3 Å². The molecule has 1 aliphatic carbocycles. The Labute approximate surface area is 177 Å². The van der Waals surface area contributed by atoms with Crippen LogP contribution in [-0.2, 0) is 16.1 Å². The Bertz CT molecular complexity index is 791. The lowest BCUT2D eigenvalue weighted by atomic mass is 9.84. The van der Waals surface area contributed by atoms with Crippen molar-refractivity contribution in [3.05, 3.63) is 29.3 Å². The molecule has 2 fully saturated rings. The van der Waals surface area contributed by atoms with Gasteiger partial charge in [-0.3, -0.25) is 15.0 Å². The number of likely N-dealkylation sites (tertiary alicyclic amines) is 1. The number of rotatable bonds is 7. The number of aliphatic hydroxyl groups excluding tert-OH is 1. The molecule has 1 aliphatic heterocycles. The van der Waals surface area contributed by atoms with Gasteiger partial charge < -0.3 is 25.8 Å². The summed E-state index contributed by atoms with van der Waals surface area (Å²) in [7, 11) is 1.52. The molecule has 8 nitrogen and oxygen atoms in total. The fraction of sp³-hybridized carbons (Fsp3) is 0.591. The van der Waals surface area contributed by atoms with Crippen molar-refractivity contribution < 1.29 is 19.4 Å². The summed E-state index contributed by atoms with van der Waals surface area (Å²) in [6, 6.07) is 4.58. The summed E-state index contributed by atoms with van der Waals surface area (Å²) in [5.41, 5.74) is 6.82. The van der Waals surface area contributed by atoms with Crippen molar-refractivity contribution in [1.29, 1.82) is 5.41 Å². The molecule has 2 aliphatic rings. The van der Waals surface area contributed by atoms with Crippen LogP contribution in [0.4, 0.5) is 0 Å². The summed E-state index contributed by atoms with van der Waals surface area (Å²) in [6.45, 7) is 0.737. The van der Waals surface area contributed by atoms with Crippen LogP contribution in [0.15, 0.2) is 18.2 Å². The zero-order valence-electron chi connectivity index (χ0n) is 17.5. The molecule has 0 spiro atoms. The zero-order chi connectivity index (χ0) is 21.7. The van der Waals surface area contributed by atoms with Gasteiger partial charge in [0.2, 0.25) is 5.91 Å². The molecule has 1 saturated heterocycles. The largest absolute Gasteiger partial charge is 0.496 e. The highest BCUT2D eigenvalue weighted by Crippen LogP contribution is 2.29. The number of nitrogen functional groups attached to an aromatic ring is 1. The fourth-order valence-electron chi connectivity index (χ4n) is 4.48. The molecule has 164 valence electrons. The summed E-state index contributed by atoms with van der Waals surface area (Å²) in [4.78, 5) is 27.3. The Balaban J connectivity index is 1.62. The van der Waals surface area contributed by atoms with Crippen LogP contribution in [0.3, 0.4) is 0 Å². The SMILES string of the molecule is COc1cc(C(=N)N)ccc1CNC(=O)[C@H]1CCCN1C(=O)C(O)C1CCCCC1. The van der Waals surface area contributed by atoms with Gasteiger partial charge in [-0.1, -0.05) is 31.4 Å². The van der Waals surface area contributed by atoms with E-state index < -0.39 is 12.1 Å². The molecule has 0 bridgehead atoms. The summed E-state index contributed by atoms with van der Waals surface area (Å²) in [5, 5.41) is 21.0. The molecule has 1 aromatic rings. The number of nitrogens with one attached hydrogen (secondary N) is 2. The number of methoxy groups -OCH3 is 1. The van der Waals surface area contributed by atoms with Crippen molar-refractivity contribution in [1.82, 2.24) is 10.2 Å². The number of nitrogens with zero attached hydrogens (tertiary/aromatic N) is 1. The minimum atomic E-state index is -1.02. The van der Waals surface area contributed by atoms with E-state index >= 15 is 0 Å². The third kappa shape index (κ3) is 4.92. The third-order valence-corrected chi connectivity index (χ3v) is 6.24. The van der Waals surface area contributed by atoms with Gasteiger partial charge in [0.15, 0.2) is 0 Å². The van der Waals surface area contributed by atoms with E-state index in [2.05, 4.69) is 5.32 Å². The fourth-order valence-corrected chi connectivity index (χ4v) is 4.48. The maximum absolute atomic E-state index is 12.9. The zero-order valence-corrected chi connectivity index (χ0v) is 17.5. The van der Waals surface area contributed by atoms with Crippen LogP contribution in [0.2, 0.25) is 0 Å². The first-order valence-electron chi connectivity index (χ1n) is 10.7. The van der Waals surface area contributed by atoms with E-state index in [-0.39, 0.29) is 30.1 Å². The first-order chi connectivity index (χ1) is 14.4. The topological polar surface area (TPSA) is 129 Å². The van der Waals surface area contributed by atoms with Gasteiger partial charge in [-0.2, -0.15) is 0 Å². The standard InChI is InChI=1S/C22H32N4O4/c1-30-18-12-15(20(23)24)9-10-16(18)13-25-21(28)17-8-5-11-26(17)22(29)19(27)14-6-3-2-4-7-14/h9-10,12,14,17,19,27H,2-8,11,13H2,1H3,(H3,23,24)(H,25,28)/t17-,19?/m1/s1. The van der Waals surface area contributed by atoms with Crippen LogP contribution in [-0.4, -0.2) is 53.5 Å². The Hall–Kier alpha value is -2.61. The average molecular weight is 417 g/mol. The summed E-state index contributed by atoms with van der Waals surface area (Å²) >= 11 is 0. The molecule has 0 aromatic heterocycles. The average Bonchev–Trinajstić information content (AvgIpc) is 3.26. The summed E-state index contributed by atoms with van der Waals surface area (Å²) in [5.74, 6) is -0.0625. The number of amidine groups is 1. The van der Waals surface area contributed by atoms with Crippen LogP contribution in [0.5, 0.6) is 5.75 Å². The Kier molecular flexibility index (Phi) is 7.31. The summed E-state index contributed by atoms with van der Waals surface area (Å²) in [6.07, 6.45) is 5.31. The maximum atomic E-state index is 12.9. The van der Waals surface area contributed by atoms with Gasteiger partial charge in [-0.25, -0.2) is 0 Å². The second kappa shape index (κ2) is 9.93. The Morgan fingerprint density at radius 1 is 1.27 bits per heavy atom. The highest BCUT2D eigenvalue weighted by atomic mass is 16.5. The molecule has 2 amide bonds. The molecule has 1 unspecified atom stereocenters. The lowest BCUT2D eigenvalue weighted by Gasteiger charge is -2.31. The van der Waals surface area contributed by atoms with Gasteiger partial charge in [0.1, 0.15) is 23.7 Å². The third-order valence-electron chi connectivity index (χ3n) is 6.24. The monoisotopic (exact) mass is 416 g/mol. The highest BCUT2D eigenvalue weighted by Gasteiger charge is 2.39. The van der Waals surface area contributed by atoms with Gasteiger partial charge in [0, 0.05) is 24.2 Å². The second-order valence-electron chi connectivity index (χ2n) is 8.19. The number of aliphatic hydroxyl groups is 1. The van der Waals surface area contributed by atoms with Crippen LogP contribution in [0.25, 0.3) is 0 Å². The predicted molar refractivity (Wildman–Crippen MR) is 113 cm³/mol. The van der Waals surface area contributed by atoms with Gasteiger partial charge in [0.25, 0.3) is 5.91 Å². The van der Waals surface area contributed by atoms with Crippen molar-refractivity contribution >= 4 is 17.6 Å². The molecule has 3 rings (SSSR count). The second-order valence-corrected chi connectivity index (χ2v) is 8.19. The molecule has 1 aromatic carbocycles. The Morgan fingerprint density at radius 2 is 2.00 bits per heavy atom. The maximum Gasteiger partial charge on any atom is 0.252 e. The lowest BCUT2D eigenvalue weighted by molar-refractivity contribution is -0.148. The number of carbonyl (C=O) groups excluding carboxylic acids is 2. The first-order valence-corrected chi connectivity index (χ1v) is 10.7. The van der Waals surface area contributed by atoms with Crippen LogP contribution >= 0.6 is 0 Å². The van der Waals surface area contributed by atoms with E-state index in [4.69, 9.17) is 15.9 Å². The number of hydrogen-bond donors (Lipinski definition) is 4. The van der Waals surface area contributed by atoms with Gasteiger partial charge in [-0.15, -0.1) is 0 Å². The number of carbonyl (C=O) groups is 2. The smallest absolute Gasteiger partial charge is 0.252 e. The molecule has 1 saturated carbocycles. The summed E-state index contributed by atoms with van der Waals surface area (Å²) < 4.78 is 5.35. The molecule has 8 heteroatoms. The number of amides is 2. The van der Waals surface area contributed by atoms with E-state index in [1.165, 1.54) is 7.11 Å². The van der Waals surface area contributed by atoms with E-state index in [1.807, 2.05) is 0 Å². The molecule has 0 radical (unpaired) electrons. The highest BCUT2D eigenvalue weighted by molar-refractivity contribution is 5.95. The van der Waals surface area contributed by atoms with Crippen molar-refractivity contribution in [3.63, 3.8) is 0 Å². The van der Waals surface area contributed by atoms with E-state index in [0.717, 1.165) is 44.1 Å². The molecule has 30 heavy (non-hydrogen) atoms.